The van der Waals surface area contributed by atoms with Gasteiger partial charge in [-0.3, -0.25) is 0 Å². The first-order chi connectivity index (χ1) is 9.28. The number of methoxy groups -OCH3 is 1. The molecule has 1 aromatic carbocycles. The van der Waals surface area contributed by atoms with Crippen molar-refractivity contribution in [2.24, 2.45) is 0 Å². The van der Waals surface area contributed by atoms with Crippen molar-refractivity contribution in [2.75, 3.05) is 12.8 Å². The lowest BCUT2D eigenvalue weighted by Crippen LogP contribution is -1.97. The van der Waals surface area contributed by atoms with Gasteiger partial charge in [0, 0.05) is 24.3 Å². The van der Waals surface area contributed by atoms with Crippen molar-refractivity contribution in [2.45, 2.75) is 31.8 Å². The minimum atomic E-state index is 0.651. The first-order valence-corrected chi connectivity index (χ1v) is 7.40. The lowest BCUT2D eigenvalue weighted by atomic mass is 10.0. The van der Waals surface area contributed by atoms with Gasteiger partial charge >= 0.3 is 0 Å². The zero-order chi connectivity index (χ0) is 13.2. The number of hydrogen-bond acceptors (Lipinski definition) is 4. The molecule has 0 aliphatic heterocycles. The number of rotatable bonds is 5. The second-order valence-electron chi connectivity index (χ2n) is 5.01. The number of thiazole rings is 1. The van der Waals surface area contributed by atoms with Gasteiger partial charge < -0.3 is 10.5 Å². The monoisotopic (exact) mass is 274 g/mol. The highest BCUT2D eigenvalue weighted by atomic mass is 32.1. The molecule has 1 heterocycles. The minimum absolute atomic E-state index is 0.651. The molecule has 1 aliphatic carbocycles. The van der Waals surface area contributed by atoms with Gasteiger partial charge in [0.15, 0.2) is 5.13 Å². The normalized spacial score (nSPS) is 14.8. The number of nitrogen functional groups attached to an aromatic ring is 1. The predicted octanol–water partition coefficient (Wildman–Crippen LogP) is 3.34. The lowest BCUT2D eigenvalue weighted by molar-refractivity contribution is 0.184. The summed E-state index contributed by atoms with van der Waals surface area (Å²) in [7, 11) is 1.73. The SMILES string of the molecule is COCc1ccccc1Cc1sc(N)nc1C1CC1. The molecular weight excluding hydrogens is 256 g/mol. The van der Waals surface area contributed by atoms with Crippen molar-refractivity contribution in [1.82, 2.24) is 4.98 Å². The van der Waals surface area contributed by atoms with Gasteiger partial charge in [0.25, 0.3) is 0 Å². The van der Waals surface area contributed by atoms with Crippen molar-refractivity contribution in [3.63, 3.8) is 0 Å². The molecule has 0 amide bonds. The molecule has 2 N–H and O–H groups in total. The number of benzene rings is 1. The Hall–Kier alpha value is -1.39. The topological polar surface area (TPSA) is 48.1 Å². The Kier molecular flexibility index (Phi) is 3.53. The van der Waals surface area contributed by atoms with E-state index in [1.54, 1.807) is 18.4 Å². The third kappa shape index (κ3) is 2.80. The molecule has 1 aromatic heterocycles. The molecule has 0 saturated heterocycles. The van der Waals surface area contributed by atoms with Crippen LogP contribution in [0.4, 0.5) is 5.13 Å². The van der Waals surface area contributed by atoms with Gasteiger partial charge in [-0.2, -0.15) is 0 Å². The second-order valence-corrected chi connectivity index (χ2v) is 6.13. The largest absolute Gasteiger partial charge is 0.380 e. The van der Waals surface area contributed by atoms with E-state index in [2.05, 4.69) is 29.2 Å². The van der Waals surface area contributed by atoms with E-state index in [-0.39, 0.29) is 0 Å². The zero-order valence-corrected chi connectivity index (χ0v) is 11.9. The molecule has 3 nitrogen and oxygen atoms in total. The smallest absolute Gasteiger partial charge is 0.180 e. The van der Waals surface area contributed by atoms with Gasteiger partial charge in [0.05, 0.1) is 12.3 Å². The van der Waals surface area contributed by atoms with Gasteiger partial charge in [-0.15, -0.1) is 11.3 Å². The third-order valence-corrected chi connectivity index (χ3v) is 4.38. The summed E-state index contributed by atoms with van der Waals surface area (Å²) >= 11 is 1.63. The van der Waals surface area contributed by atoms with E-state index in [1.807, 2.05) is 0 Å². The maximum atomic E-state index is 5.88. The number of ether oxygens (including phenoxy) is 1. The Bertz CT molecular complexity index is 575. The average Bonchev–Trinajstić information content (AvgIpc) is 3.17. The first kappa shape index (κ1) is 12.6. The molecule has 0 spiro atoms. The molecule has 0 atom stereocenters. The van der Waals surface area contributed by atoms with Crippen molar-refractivity contribution in [3.05, 3.63) is 46.0 Å². The lowest BCUT2D eigenvalue weighted by Gasteiger charge is -2.08. The average molecular weight is 274 g/mol. The number of aromatic nitrogens is 1. The highest BCUT2D eigenvalue weighted by molar-refractivity contribution is 7.15. The quantitative estimate of drug-likeness (QED) is 0.909. The third-order valence-electron chi connectivity index (χ3n) is 3.48. The molecule has 3 rings (SSSR count). The molecule has 2 aromatic rings. The molecular formula is C15H18N2OS. The Morgan fingerprint density at radius 1 is 1.32 bits per heavy atom. The van der Waals surface area contributed by atoms with Crippen molar-refractivity contribution in [1.29, 1.82) is 0 Å². The summed E-state index contributed by atoms with van der Waals surface area (Å²) in [6, 6.07) is 8.43. The van der Waals surface area contributed by atoms with Crippen LogP contribution in [0.2, 0.25) is 0 Å². The summed E-state index contributed by atoms with van der Waals surface area (Å²) < 4.78 is 5.26. The standard InChI is InChI=1S/C15H18N2OS/c1-18-9-12-5-3-2-4-11(12)8-13-14(10-6-7-10)17-15(16)19-13/h2-5,10H,6-9H2,1H3,(H2,16,17). The van der Waals surface area contributed by atoms with E-state index in [4.69, 9.17) is 10.5 Å². The van der Waals surface area contributed by atoms with Crippen molar-refractivity contribution >= 4 is 16.5 Å². The molecule has 100 valence electrons. The summed E-state index contributed by atoms with van der Waals surface area (Å²) in [6.45, 7) is 0.656. The summed E-state index contributed by atoms with van der Waals surface area (Å²) in [5.74, 6) is 0.651. The van der Waals surface area contributed by atoms with Crippen molar-refractivity contribution < 1.29 is 4.74 Å². The van der Waals surface area contributed by atoms with Crippen LogP contribution in [0.5, 0.6) is 0 Å². The molecule has 0 bridgehead atoms. The van der Waals surface area contributed by atoms with Gasteiger partial charge in [-0.25, -0.2) is 4.98 Å². The molecule has 4 heteroatoms. The first-order valence-electron chi connectivity index (χ1n) is 6.58. The van der Waals surface area contributed by atoms with E-state index in [1.165, 1.54) is 34.5 Å². The van der Waals surface area contributed by atoms with Crippen LogP contribution in [0.1, 0.15) is 40.5 Å². The highest BCUT2D eigenvalue weighted by Gasteiger charge is 2.29. The summed E-state index contributed by atoms with van der Waals surface area (Å²) in [6.07, 6.45) is 3.44. The number of hydrogen-bond donors (Lipinski definition) is 1. The van der Waals surface area contributed by atoms with Gasteiger partial charge in [-0.1, -0.05) is 24.3 Å². The van der Waals surface area contributed by atoms with Crippen LogP contribution in [0.25, 0.3) is 0 Å². The van der Waals surface area contributed by atoms with Crippen LogP contribution in [-0.2, 0) is 17.8 Å². The minimum Gasteiger partial charge on any atom is -0.380 e. The molecule has 1 fully saturated rings. The summed E-state index contributed by atoms with van der Waals surface area (Å²) in [5, 5.41) is 0.695. The Balaban J connectivity index is 1.88. The molecule has 0 unspecified atom stereocenters. The van der Waals surface area contributed by atoms with Crippen molar-refractivity contribution in [3.8, 4) is 0 Å². The van der Waals surface area contributed by atoms with E-state index >= 15 is 0 Å². The van der Waals surface area contributed by atoms with Crippen LogP contribution in [0.3, 0.4) is 0 Å². The maximum Gasteiger partial charge on any atom is 0.180 e. The van der Waals surface area contributed by atoms with Gasteiger partial charge in [0.2, 0.25) is 0 Å². The molecule has 1 aliphatic rings. The fourth-order valence-corrected chi connectivity index (χ4v) is 3.33. The van der Waals surface area contributed by atoms with Gasteiger partial charge in [-0.05, 0) is 24.0 Å². The number of anilines is 1. The van der Waals surface area contributed by atoms with E-state index in [0.717, 1.165) is 6.42 Å². The fourth-order valence-electron chi connectivity index (χ4n) is 2.38. The fraction of sp³-hybridized carbons (Fsp3) is 0.400. The van der Waals surface area contributed by atoms with Crippen LogP contribution >= 0.6 is 11.3 Å². The predicted molar refractivity (Wildman–Crippen MR) is 78.5 cm³/mol. The summed E-state index contributed by atoms with van der Waals surface area (Å²) in [5.41, 5.74) is 9.67. The maximum absolute atomic E-state index is 5.88. The molecule has 0 radical (unpaired) electrons. The summed E-state index contributed by atoms with van der Waals surface area (Å²) in [4.78, 5) is 5.83. The zero-order valence-electron chi connectivity index (χ0n) is 11.1. The van der Waals surface area contributed by atoms with Crippen LogP contribution < -0.4 is 5.73 Å². The molecule has 19 heavy (non-hydrogen) atoms. The second kappa shape index (κ2) is 5.31. The van der Waals surface area contributed by atoms with E-state index in [9.17, 15) is 0 Å². The van der Waals surface area contributed by atoms with Gasteiger partial charge in [0.1, 0.15) is 0 Å². The van der Waals surface area contributed by atoms with E-state index in [0.29, 0.717) is 17.7 Å². The Morgan fingerprint density at radius 3 is 2.74 bits per heavy atom. The Labute approximate surface area is 117 Å². The molecule has 1 saturated carbocycles. The number of nitrogens with zero attached hydrogens (tertiary/aromatic N) is 1. The number of nitrogens with two attached hydrogens (primary N) is 1. The van der Waals surface area contributed by atoms with Crippen LogP contribution in [-0.4, -0.2) is 12.1 Å². The highest BCUT2D eigenvalue weighted by Crippen LogP contribution is 2.43. The van der Waals surface area contributed by atoms with Crippen LogP contribution in [0, 0.1) is 0 Å². The van der Waals surface area contributed by atoms with Crippen LogP contribution in [0.15, 0.2) is 24.3 Å². The van der Waals surface area contributed by atoms with E-state index < -0.39 is 0 Å². The Morgan fingerprint density at radius 2 is 2.05 bits per heavy atom.